The van der Waals surface area contributed by atoms with Crippen LogP contribution in [-0.4, -0.2) is 15.6 Å². The molecule has 1 heterocycles. The maximum Gasteiger partial charge on any atom is 0.135 e. The zero-order valence-electron chi connectivity index (χ0n) is 9.16. The minimum atomic E-state index is 0.176. The average Bonchev–Trinajstić information content (AvgIpc) is 2.59. The smallest absolute Gasteiger partial charge is 0.135 e. The van der Waals surface area contributed by atoms with Crippen LogP contribution in [0.2, 0.25) is 0 Å². The van der Waals surface area contributed by atoms with Crippen LogP contribution in [0, 0.1) is 5.92 Å². The molecule has 1 aromatic rings. The fourth-order valence-electron chi connectivity index (χ4n) is 1.52. The number of aryl methyl sites for hydroxylation is 2. The van der Waals surface area contributed by atoms with Crippen LogP contribution in [0.5, 0.6) is 0 Å². The molecule has 1 unspecified atom stereocenters. The zero-order chi connectivity index (χ0) is 10.6. The molecule has 1 atom stereocenters. The van der Waals surface area contributed by atoms with E-state index < -0.39 is 0 Å². The first kappa shape index (κ1) is 11.0. The molecule has 1 aromatic heterocycles. The van der Waals surface area contributed by atoms with Crippen LogP contribution in [-0.2, 0) is 18.3 Å². The lowest BCUT2D eigenvalue weighted by Gasteiger charge is -2.08. The van der Waals surface area contributed by atoms with E-state index in [4.69, 9.17) is 0 Å². The highest BCUT2D eigenvalue weighted by molar-refractivity contribution is 5.80. The summed E-state index contributed by atoms with van der Waals surface area (Å²) in [5, 5.41) is 4.09. The van der Waals surface area contributed by atoms with Crippen molar-refractivity contribution < 1.29 is 4.79 Å². The summed E-state index contributed by atoms with van der Waals surface area (Å²) in [5.74, 6) is 0.530. The van der Waals surface area contributed by atoms with Crippen molar-refractivity contribution in [3.63, 3.8) is 0 Å². The summed E-state index contributed by atoms with van der Waals surface area (Å²) < 4.78 is 1.86. The highest BCUT2D eigenvalue weighted by Gasteiger charge is 2.11. The Morgan fingerprint density at radius 2 is 2.36 bits per heavy atom. The van der Waals surface area contributed by atoms with Gasteiger partial charge in [0.05, 0.1) is 0 Å². The topological polar surface area (TPSA) is 34.9 Å². The van der Waals surface area contributed by atoms with Crippen molar-refractivity contribution in [3.8, 4) is 0 Å². The van der Waals surface area contributed by atoms with Gasteiger partial charge in [-0.3, -0.25) is 9.48 Å². The maximum atomic E-state index is 11.3. The third kappa shape index (κ3) is 2.69. The van der Waals surface area contributed by atoms with Crippen LogP contribution in [0.1, 0.15) is 32.4 Å². The molecule has 14 heavy (non-hydrogen) atoms. The molecule has 1 rings (SSSR count). The van der Waals surface area contributed by atoms with E-state index in [0.717, 1.165) is 12.8 Å². The number of ketones is 1. The highest BCUT2D eigenvalue weighted by atomic mass is 16.1. The van der Waals surface area contributed by atoms with Crippen molar-refractivity contribution in [1.82, 2.24) is 9.78 Å². The minimum absolute atomic E-state index is 0.176. The normalized spacial score (nSPS) is 12.8. The molecule has 0 aromatic carbocycles. The fraction of sp³-hybridized carbons (Fsp3) is 0.636. The molecule has 0 aliphatic heterocycles. The largest absolute Gasteiger partial charge is 0.299 e. The van der Waals surface area contributed by atoms with E-state index >= 15 is 0 Å². The standard InChI is InChI=1S/C11H18N2O/c1-4-11(14)9(2)5-6-10-7-8-12-13(10)3/h7-9H,4-6H2,1-3H3. The van der Waals surface area contributed by atoms with Gasteiger partial charge in [-0.2, -0.15) is 5.10 Å². The summed E-state index contributed by atoms with van der Waals surface area (Å²) in [7, 11) is 1.93. The van der Waals surface area contributed by atoms with Crippen LogP contribution < -0.4 is 0 Å². The van der Waals surface area contributed by atoms with Crippen LogP contribution in [0.25, 0.3) is 0 Å². The van der Waals surface area contributed by atoms with E-state index in [1.165, 1.54) is 5.69 Å². The lowest BCUT2D eigenvalue weighted by molar-refractivity contribution is -0.122. The second kappa shape index (κ2) is 4.94. The number of aromatic nitrogens is 2. The van der Waals surface area contributed by atoms with E-state index in [1.807, 2.05) is 31.6 Å². The Labute approximate surface area is 85.1 Å². The summed E-state index contributed by atoms with van der Waals surface area (Å²) in [6.07, 6.45) is 4.30. The predicted molar refractivity (Wildman–Crippen MR) is 56.0 cm³/mol. The van der Waals surface area contributed by atoms with Gasteiger partial charge >= 0.3 is 0 Å². The molecule has 0 spiro atoms. The van der Waals surface area contributed by atoms with Gasteiger partial charge in [-0.15, -0.1) is 0 Å². The second-order valence-electron chi connectivity index (χ2n) is 3.71. The Hall–Kier alpha value is -1.12. The summed E-state index contributed by atoms with van der Waals surface area (Å²) in [5.41, 5.74) is 1.20. The van der Waals surface area contributed by atoms with Gasteiger partial charge in [-0.05, 0) is 18.9 Å². The molecule has 0 amide bonds. The molecule has 0 saturated carbocycles. The molecular formula is C11H18N2O. The first-order valence-corrected chi connectivity index (χ1v) is 5.14. The van der Waals surface area contributed by atoms with E-state index in [1.54, 1.807) is 6.20 Å². The number of carbonyl (C=O) groups excluding carboxylic acids is 1. The van der Waals surface area contributed by atoms with Crippen LogP contribution in [0.15, 0.2) is 12.3 Å². The quantitative estimate of drug-likeness (QED) is 0.718. The number of hydrogen-bond acceptors (Lipinski definition) is 2. The van der Waals surface area contributed by atoms with Crippen LogP contribution in [0.3, 0.4) is 0 Å². The third-order valence-electron chi connectivity index (χ3n) is 2.65. The monoisotopic (exact) mass is 194 g/mol. The zero-order valence-corrected chi connectivity index (χ0v) is 9.16. The summed E-state index contributed by atoms with van der Waals surface area (Å²) in [6, 6.07) is 2.00. The number of rotatable bonds is 5. The molecule has 0 N–H and O–H groups in total. The molecular weight excluding hydrogens is 176 g/mol. The van der Waals surface area contributed by atoms with Crippen molar-refractivity contribution >= 4 is 5.78 Å². The Morgan fingerprint density at radius 3 is 2.86 bits per heavy atom. The molecule has 0 bridgehead atoms. The lowest BCUT2D eigenvalue weighted by Crippen LogP contribution is -2.11. The van der Waals surface area contributed by atoms with Gasteiger partial charge in [0.1, 0.15) is 5.78 Å². The number of hydrogen-bond donors (Lipinski definition) is 0. The molecule has 0 radical (unpaired) electrons. The predicted octanol–water partition coefficient (Wildman–Crippen LogP) is 1.97. The van der Waals surface area contributed by atoms with Gasteiger partial charge in [0.15, 0.2) is 0 Å². The highest BCUT2D eigenvalue weighted by Crippen LogP contribution is 2.10. The van der Waals surface area contributed by atoms with Crippen molar-refractivity contribution in [1.29, 1.82) is 0 Å². The minimum Gasteiger partial charge on any atom is -0.299 e. The van der Waals surface area contributed by atoms with Crippen molar-refractivity contribution in [2.45, 2.75) is 33.1 Å². The third-order valence-corrected chi connectivity index (χ3v) is 2.65. The van der Waals surface area contributed by atoms with E-state index in [0.29, 0.717) is 12.2 Å². The van der Waals surface area contributed by atoms with Crippen molar-refractivity contribution in [2.75, 3.05) is 0 Å². The molecule has 0 fully saturated rings. The van der Waals surface area contributed by atoms with Gasteiger partial charge in [0.25, 0.3) is 0 Å². The number of carbonyl (C=O) groups is 1. The van der Waals surface area contributed by atoms with Crippen molar-refractivity contribution in [2.24, 2.45) is 13.0 Å². The Bertz CT molecular complexity index is 304. The van der Waals surface area contributed by atoms with Gasteiger partial charge in [0, 0.05) is 31.3 Å². The van der Waals surface area contributed by atoms with E-state index in [2.05, 4.69) is 5.10 Å². The number of nitrogens with zero attached hydrogens (tertiary/aromatic N) is 2. The number of Topliss-reactive ketones (excluding diaryl/α,β-unsaturated/α-hetero) is 1. The molecule has 0 saturated heterocycles. The summed E-state index contributed by atoms with van der Waals surface area (Å²) >= 11 is 0. The second-order valence-corrected chi connectivity index (χ2v) is 3.71. The Balaban J connectivity index is 2.41. The SMILES string of the molecule is CCC(=O)C(C)CCc1ccnn1C. The molecule has 78 valence electrons. The van der Waals surface area contributed by atoms with Gasteiger partial charge in [-0.1, -0.05) is 13.8 Å². The molecule has 3 heteroatoms. The van der Waals surface area contributed by atoms with E-state index in [-0.39, 0.29) is 5.92 Å². The lowest BCUT2D eigenvalue weighted by atomic mass is 9.98. The van der Waals surface area contributed by atoms with E-state index in [9.17, 15) is 4.79 Å². The maximum absolute atomic E-state index is 11.3. The Kier molecular flexibility index (Phi) is 3.86. The summed E-state index contributed by atoms with van der Waals surface area (Å²) in [4.78, 5) is 11.3. The fourth-order valence-corrected chi connectivity index (χ4v) is 1.52. The molecule has 0 aliphatic carbocycles. The average molecular weight is 194 g/mol. The first-order chi connectivity index (χ1) is 6.65. The van der Waals surface area contributed by atoms with Crippen LogP contribution >= 0.6 is 0 Å². The Morgan fingerprint density at radius 1 is 1.64 bits per heavy atom. The summed E-state index contributed by atoms with van der Waals surface area (Å²) in [6.45, 7) is 3.92. The molecule has 3 nitrogen and oxygen atoms in total. The van der Waals surface area contributed by atoms with Gasteiger partial charge in [0.2, 0.25) is 0 Å². The van der Waals surface area contributed by atoms with Crippen molar-refractivity contribution in [3.05, 3.63) is 18.0 Å². The van der Waals surface area contributed by atoms with Crippen LogP contribution in [0.4, 0.5) is 0 Å². The first-order valence-electron chi connectivity index (χ1n) is 5.14. The van der Waals surface area contributed by atoms with Gasteiger partial charge in [-0.25, -0.2) is 0 Å². The van der Waals surface area contributed by atoms with Gasteiger partial charge < -0.3 is 0 Å². The molecule has 0 aliphatic rings.